The molecule has 0 fully saturated rings. The summed E-state index contributed by atoms with van der Waals surface area (Å²) in [6.07, 6.45) is 1.51. The zero-order valence-corrected chi connectivity index (χ0v) is 17.4. The Morgan fingerprint density at radius 1 is 0.857 bits per heavy atom. The molecule has 0 aliphatic carbocycles. The van der Waals surface area contributed by atoms with E-state index < -0.39 is 11.8 Å². The van der Waals surface area contributed by atoms with Gasteiger partial charge < -0.3 is 0 Å². The van der Waals surface area contributed by atoms with E-state index in [1.807, 2.05) is 0 Å². The molecule has 1 heterocycles. The highest BCUT2D eigenvalue weighted by atomic mass is 35.5. The van der Waals surface area contributed by atoms with Gasteiger partial charge in [-0.25, -0.2) is 0 Å². The van der Waals surface area contributed by atoms with E-state index in [9.17, 15) is 9.59 Å². The smallest absolute Gasteiger partial charge is 0.268 e. The first-order valence-corrected chi connectivity index (χ1v) is 9.51. The molecular weight excluding hydrogens is 442 g/mol. The number of halogens is 4. The number of hydrogen-bond acceptors (Lipinski definition) is 2. The second kappa shape index (κ2) is 8.50. The van der Waals surface area contributed by atoms with Crippen LogP contribution in [0.25, 0.3) is 0 Å². The summed E-state index contributed by atoms with van der Waals surface area (Å²) in [4.78, 5) is 29.8. The van der Waals surface area contributed by atoms with Crippen LogP contribution in [0.1, 0.15) is 26.3 Å². The number of aryl methyl sites for hydroxylation is 1. The summed E-state index contributed by atoms with van der Waals surface area (Å²) in [7, 11) is 0. The van der Waals surface area contributed by atoms with E-state index in [-0.39, 0.29) is 26.7 Å². The minimum Gasteiger partial charge on any atom is -0.268 e. The molecule has 0 atom stereocenters. The Labute approximate surface area is 181 Å². The molecule has 0 unspecified atom stereocenters. The van der Waals surface area contributed by atoms with Gasteiger partial charge in [-0.1, -0.05) is 52.5 Å². The fourth-order valence-corrected chi connectivity index (χ4v) is 3.51. The first-order valence-electron chi connectivity index (χ1n) is 8.00. The Morgan fingerprint density at radius 3 is 2.00 bits per heavy atom. The SMILES string of the molecule is Cc1cccn(C(=O)c2ccc(Cl)cc2Cl)c1=NC(=O)c1ccc(Cl)cc1Cl. The minimum absolute atomic E-state index is 0.174. The number of aromatic nitrogens is 1. The van der Waals surface area contributed by atoms with E-state index >= 15 is 0 Å². The van der Waals surface area contributed by atoms with Crippen molar-refractivity contribution in [3.8, 4) is 0 Å². The number of hydrogen-bond donors (Lipinski definition) is 0. The molecule has 3 rings (SSSR count). The summed E-state index contributed by atoms with van der Waals surface area (Å²) < 4.78 is 1.26. The van der Waals surface area contributed by atoms with Gasteiger partial charge in [-0.15, -0.1) is 0 Å². The standard InChI is InChI=1S/C20H12Cl4N2O2/c1-11-3-2-8-26(20(28)15-7-5-13(22)10-17(15)24)18(11)25-19(27)14-6-4-12(21)9-16(14)23/h2-10H,1H3. The molecule has 142 valence electrons. The third kappa shape index (κ3) is 4.31. The van der Waals surface area contributed by atoms with Crippen molar-refractivity contribution in [2.24, 2.45) is 4.99 Å². The lowest BCUT2D eigenvalue weighted by molar-refractivity contribution is 0.0953. The van der Waals surface area contributed by atoms with Crippen LogP contribution in [0.2, 0.25) is 20.1 Å². The molecule has 2 aromatic carbocycles. The number of nitrogens with zero attached hydrogens (tertiary/aromatic N) is 2. The number of pyridine rings is 1. The molecule has 0 aliphatic heterocycles. The van der Waals surface area contributed by atoms with Crippen LogP contribution >= 0.6 is 46.4 Å². The molecule has 0 spiro atoms. The molecule has 0 radical (unpaired) electrons. The summed E-state index contributed by atoms with van der Waals surface area (Å²) in [5, 5.41) is 1.19. The van der Waals surface area contributed by atoms with Crippen molar-refractivity contribution in [1.82, 2.24) is 4.57 Å². The predicted molar refractivity (Wildman–Crippen MR) is 112 cm³/mol. The van der Waals surface area contributed by atoms with Crippen LogP contribution in [0.15, 0.2) is 59.7 Å². The normalized spacial score (nSPS) is 11.5. The number of rotatable bonds is 2. The van der Waals surface area contributed by atoms with E-state index in [2.05, 4.69) is 4.99 Å². The van der Waals surface area contributed by atoms with Crippen molar-refractivity contribution in [3.63, 3.8) is 0 Å². The summed E-state index contributed by atoms with van der Waals surface area (Å²) in [6, 6.07) is 12.4. The molecule has 0 N–H and O–H groups in total. The second-order valence-corrected chi connectivity index (χ2v) is 7.54. The maximum Gasteiger partial charge on any atom is 0.280 e. The summed E-state index contributed by atoms with van der Waals surface area (Å²) >= 11 is 24.0. The van der Waals surface area contributed by atoms with E-state index in [1.165, 1.54) is 35.0 Å². The van der Waals surface area contributed by atoms with Gasteiger partial charge in [0.25, 0.3) is 11.8 Å². The number of benzene rings is 2. The summed E-state index contributed by atoms with van der Waals surface area (Å²) in [5.74, 6) is -1.04. The lowest BCUT2D eigenvalue weighted by atomic mass is 10.2. The first kappa shape index (κ1) is 20.6. The third-order valence-corrected chi connectivity index (χ3v) is 5.01. The largest absolute Gasteiger partial charge is 0.280 e. The first-order chi connectivity index (χ1) is 13.3. The van der Waals surface area contributed by atoms with Gasteiger partial charge in [0.1, 0.15) is 5.49 Å². The topological polar surface area (TPSA) is 51.4 Å². The van der Waals surface area contributed by atoms with Gasteiger partial charge in [0.15, 0.2) is 0 Å². The van der Waals surface area contributed by atoms with Crippen molar-refractivity contribution in [2.45, 2.75) is 6.92 Å². The molecule has 0 saturated heterocycles. The molecule has 0 bridgehead atoms. The van der Waals surface area contributed by atoms with Crippen LogP contribution in [-0.4, -0.2) is 16.4 Å². The maximum absolute atomic E-state index is 13.0. The molecule has 28 heavy (non-hydrogen) atoms. The Kier molecular flexibility index (Phi) is 6.26. The highest BCUT2D eigenvalue weighted by molar-refractivity contribution is 6.37. The average molecular weight is 454 g/mol. The Morgan fingerprint density at radius 2 is 1.43 bits per heavy atom. The van der Waals surface area contributed by atoms with Gasteiger partial charge in [0.05, 0.1) is 21.2 Å². The highest BCUT2D eigenvalue weighted by Gasteiger charge is 2.16. The van der Waals surface area contributed by atoms with Gasteiger partial charge in [0, 0.05) is 16.2 Å². The number of carbonyl (C=O) groups excluding carboxylic acids is 2. The van der Waals surface area contributed by atoms with E-state index in [1.54, 1.807) is 31.2 Å². The summed E-state index contributed by atoms with van der Waals surface area (Å²) in [6.45, 7) is 1.74. The van der Waals surface area contributed by atoms with Gasteiger partial charge in [-0.05, 0) is 55.0 Å². The Bertz CT molecular complexity index is 1170. The fourth-order valence-electron chi connectivity index (χ4n) is 2.53. The molecule has 1 aromatic heterocycles. The Hall–Kier alpha value is -2.11. The average Bonchev–Trinajstić information content (AvgIpc) is 2.62. The van der Waals surface area contributed by atoms with Gasteiger partial charge in [0.2, 0.25) is 0 Å². The molecule has 3 aromatic rings. The van der Waals surface area contributed by atoms with Gasteiger partial charge in [-0.2, -0.15) is 4.99 Å². The molecule has 0 aliphatic rings. The van der Waals surface area contributed by atoms with Gasteiger partial charge >= 0.3 is 0 Å². The zero-order chi connectivity index (χ0) is 20.4. The van der Waals surface area contributed by atoms with Crippen molar-refractivity contribution in [2.75, 3.05) is 0 Å². The van der Waals surface area contributed by atoms with E-state index in [0.717, 1.165) is 0 Å². The molecule has 4 nitrogen and oxygen atoms in total. The molecule has 8 heteroatoms. The Balaban J connectivity index is 2.13. The van der Waals surface area contributed by atoms with Gasteiger partial charge in [-0.3, -0.25) is 14.2 Å². The van der Waals surface area contributed by atoms with Crippen LogP contribution in [0.3, 0.4) is 0 Å². The van der Waals surface area contributed by atoms with Crippen LogP contribution in [0, 0.1) is 6.92 Å². The monoisotopic (exact) mass is 452 g/mol. The van der Waals surface area contributed by atoms with E-state index in [4.69, 9.17) is 46.4 Å². The summed E-state index contributed by atoms with van der Waals surface area (Å²) in [5.41, 5.74) is 1.21. The van der Waals surface area contributed by atoms with Crippen molar-refractivity contribution < 1.29 is 9.59 Å². The quantitative estimate of drug-likeness (QED) is 0.489. The third-order valence-electron chi connectivity index (χ3n) is 3.91. The van der Waals surface area contributed by atoms with Crippen molar-refractivity contribution >= 4 is 58.2 Å². The van der Waals surface area contributed by atoms with E-state index in [0.29, 0.717) is 15.6 Å². The van der Waals surface area contributed by atoms with Crippen LogP contribution < -0.4 is 5.49 Å². The maximum atomic E-state index is 13.0. The molecular formula is C20H12Cl4N2O2. The highest BCUT2D eigenvalue weighted by Crippen LogP contribution is 2.22. The zero-order valence-electron chi connectivity index (χ0n) is 14.4. The predicted octanol–water partition coefficient (Wildman–Crippen LogP) is 5.84. The lowest BCUT2D eigenvalue weighted by Gasteiger charge is -2.10. The molecule has 1 amide bonds. The van der Waals surface area contributed by atoms with Crippen molar-refractivity contribution in [1.29, 1.82) is 0 Å². The van der Waals surface area contributed by atoms with Crippen molar-refractivity contribution in [3.05, 3.63) is 97.0 Å². The lowest BCUT2D eigenvalue weighted by Crippen LogP contribution is -2.30. The number of carbonyl (C=O) groups is 2. The second-order valence-electron chi connectivity index (χ2n) is 5.86. The molecule has 0 saturated carbocycles. The van der Waals surface area contributed by atoms with Crippen LogP contribution in [0.4, 0.5) is 0 Å². The number of amides is 1. The van der Waals surface area contributed by atoms with Crippen LogP contribution in [-0.2, 0) is 0 Å². The fraction of sp³-hybridized carbons (Fsp3) is 0.0500. The van der Waals surface area contributed by atoms with Crippen LogP contribution in [0.5, 0.6) is 0 Å². The minimum atomic E-state index is -0.597.